The molecule has 2 rings (SSSR count). The van der Waals surface area contributed by atoms with E-state index in [-0.39, 0.29) is 5.92 Å². The van der Waals surface area contributed by atoms with E-state index in [2.05, 4.69) is 16.0 Å². The van der Waals surface area contributed by atoms with E-state index in [1.807, 2.05) is 50.2 Å². The van der Waals surface area contributed by atoms with Crippen LogP contribution in [0.3, 0.4) is 0 Å². The summed E-state index contributed by atoms with van der Waals surface area (Å²) < 4.78 is 4.84. The molecule has 3 N–H and O–H groups in total. The third-order valence-electron chi connectivity index (χ3n) is 4.48. The zero-order valence-corrected chi connectivity index (χ0v) is 17.6. The van der Waals surface area contributed by atoms with E-state index in [9.17, 15) is 14.4 Å². The molecular weight excluding hydrogens is 382 g/mol. The van der Waals surface area contributed by atoms with E-state index in [0.717, 1.165) is 5.56 Å². The summed E-state index contributed by atoms with van der Waals surface area (Å²) in [4.78, 5) is 37.5. The molecular formula is C23H29N3O4. The largest absolute Gasteiger partial charge is 0.467 e. The smallest absolute Gasteiger partial charge is 0.333 e. The third-order valence-corrected chi connectivity index (χ3v) is 4.48. The molecule has 2 unspecified atom stereocenters. The maximum Gasteiger partial charge on any atom is 0.333 e. The maximum absolute atomic E-state index is 12.9. The van der Waals surface area contributed by atoms with Gasteiger partial charge in [-0.25, -0.2) is 9.59 Å². The Labute approximate surface area is 177 Å². The van der Waals surface area contributed by atoms with Crippen molar-refractivity contribution in [3.8, 4) is 0 Å². The molecule has 0 saturated heterocycles. The summed E-state index contributed by atoms with van der Waals surface area (Å²) in [5.74, 6) is -0.868. The lowest BCUT2D eigenvalue weighted by Gasteiger charge is -2.23. The lowest BCUT2D eigenvalue weighted by molar-refractivity contribution is -0.145. The topological polar surface area (TPSA) is 96.5 Å². The number of ether oxygens (including phenoxy) is 1. The first kappa shape index (κ1) is 22.9. The first-order valence-electron chi connectivity index (χ1n) is 9.92. The lowest BCUT2D eigenvalue weighted by Crippen LogP contribution is -2.51. The van der Waals surface area contributed by atoms with Gasteiger partial charge in [-0.2, -0.15) is 0 Å². The van der Waals surface area contributed by atoms with Gasteiger partial charge in [0, 0.05) is 6.54 Å². The number of nitrogens with one attached hydrogen (secondary N) is 3. The van der Waals surface area contributed by atoms with E-state index in [1.165, 1.54) is 7.11 Å². The Bertz CT molecular complexity index is 825. The Hall–Kier alpha value is -3.35. The molecule has 0 radical (unpaired) electrons. The summed E-state index contributed by atoms with van der Waals surface area (Å²) in [6.45, 7) is 4.26. The number of esters is 1. The van der Waals surface area contributed by atoms with Gasteiger partial charge >= 0.3 is 12.0 Å². The van der Waals surface area contributed by atoms with Crippen LogP contribution in [-0.4, -0.2) is 31.1 Å². The standard InChI is InChI=1S/C23H29N3O4/c1-16(2)14-19(25-23(29)24-15-17-10-6-4-7-11-17)21(27)26-20(22(28)30-3)18-12-8-5-9-13-18/h4-13,16,19-20H,14-15H2,1-3H3,(H,26,27)(H2,24,25,29). The highest BCUT2D eigenvalue weighted by Gasteiger charge is 2.28. The second-order valence-corrected chi connectivity index (χ2v) is 7.37. The van der Waals surface area contributed by atoms with Crippen molar-refractivity contribution in [1.29, 1.82) is 0 Å². The van der Waals surface area contributed by atoms with Crippen LogP contribution in [0.2, 0.25) is 0 Å². The normalized spacial score (nSPS) is 12.5. The number of hydrogen-bond donors (Lipinski definition) is 3. The van der Waals surface area contributed by atoms with E-state index in [4.69, 9.17) is 4.74 Å². The monoisotopic (exact) mass is 411 g/mol. The number of urea groups is 1. The molecule has 3 amide bonds. The summed E-state index contributed by atoms with van der Waals surface area (Å²) >= 11 is 0. The molecule has 2 aromatic rings. The quantitative estimate of drug-likeness (QED) is 0.553. The fraction of sp³-hybridized carbons (Fsp3) is 0.348. The summed E-state index contributed by atoms with van der Waals surface area (Å²) in [5.41, 5.74) is 1.56. The fourth-order valence-electron chi connectivity index (χ4n) is 2.97. The van der Waals surface area contributed by atoms with Crippen LogP contribution in [0.15, 0.2) is 60.7 Å². The minimum atomic E-state index is -0.951. The van der Waals surface area contributed by atoms with Gasteiger partial charge in [-0.15, -0.1) is 0 Å². The van der Waals surface area contributed by atoms with E-state index >= 15 is 0 Å². The third kappa shape index (κ3) is 7.24. The van der Waals surface area contributed by atoms with Gasteiger partial charge in [-0.05, 0) is 23.5 Å². The van der Waals surface area contributed by atoms with E-state index in [0.29, 0.717) is 18.5 Å². The Morgan fingerprint density at radius 2 is 1.50 bits per heavy atom. The van der Waals surface area contributed by atoms with Crippen LogP contribution in [0, 0.1) is 5.92 Å². The molecule has 0 aliphatic rings. The molecule has 7 nitrogen and oxygen atoms in total. The number of hydrogen-bond acceptors (Lipinski definition) is 4. The van der Waals surface area contributed by atoms with Gasteiger partial charge < -0.3 is 20.7 Å². The molecule has 0 spiro atoms. The Morgan fingerprint density at radius 3 is 2.07 bits per heavy atom. The van der Waals surface area contributed by atoms with Crippen LogP contribution in [-0.2, 0) is 20.9 Å². The Balaban J connectivity index is 2.05. The van der Waals surface area contributed by atoms with Crippen LogP contribution in [0.4, 0.5) is 4.79 Å². The lowest BCUT2D eigenvalue weighted by atomic mass is 10.0. The predicted octanol–water partition coefficient (Wildman–Crippen LogP) is 2.93. The van der Waals surface area contributed by atoms with Gasteiger partial charge in [-0.3, -0.25) is 4.79 Å². The molecule has 160 valence electrons. The number of amides is 3. The molecule has 2 aromatic carbocycles. The molecule has 7 heteroatoms. The Kier molecular flexibility index (Phi) is 8.87. The highest BCUT2D eigenvalue weighted by Crippen LogP contribution is 2.15. The molecule has 0 aromatic heterocycles. The second kappa shape index (κ2) is 11.6. The number of carbonyl (C=O) groups excluding carboxylic acids is 3. The van der Waals surface area contributed by atoms with Crippen molar-refractivity contribution in [3.63, 3.8) is 0 Å². The van der Waals surface area contributed by atoms with E-state index in [1.54, 1.807) is 24.3 Å². The van der Waals surface area contributed by atoms with Gasteiger partial charge in [0.05, 0.1) is 7.11 Å². The minimum Gasteiger partial charge on any atom is -0.467 e. The van der Waals surface area contributed by atoms with Gasteiger partial charge in [0.2, 0.25) is 5.91 Å². The van der Waals surface area contributed by atoms with Gasteiger partial charge in [0.15, 0.2) is 6.04 Å². The van der Waals surface area contributed by atoms with Gasteiger partial charge in [0.1, 0.15) is 6.04 Å². The molecule has 0 fully saturated rings. The highest BCUT2D eigenvalue weighted by molar-refractivity contribution is 5.90. The average molecular weight is 412 g/mol. The number of benzene rings is 2. The number of rotatable bonds is 9. The number of methoxy groups -OCH3 is 1. The van der Waals surface area contributed by atoms with Crippen LogP contribution in [0.1, 0.15) is 37.4 Å². The van der Waals surface area contributed by atoms with Gasteiger partial charge in [-0.1, -0.05) is 74.5 Å². The molecule has 0 heterocycles. The highest BCUT2D eigenvalue weighted by atomic mass is 16.5. The van der Waals surface area contributed by atoms with E-state index < -0.39 is 30.0 Å². The molecule has 30 heavy (non-hydrogen) atoms. The number of carbonyl (C=O) groups is 3. The van der Waals surface area contributed by atoms with Crippen molar-refractivity contribution < 1.29 is 19.1 Å². The fourth-order valence-corrected chi connectivity index (χ4v) is 2.97. The van der Waals surface area contributed by atoms with Crippen molar-refractivity contribution in [2.45, 2.75) is 38.9 Å². The first-order chi connectivity index (χ1) is 14.4. The van der Waals surface area contributed by atoms with Crippen LogP contribution >= 0.6 is 0 Å². The second-order valence-electron chi connectivity index (χ2n) is 7.37. The van der Waals surface area contributed by atoms with Crippen molar-refractivity contribution in [2.75, 3.05) is 7.11 Å². The molecule has 0 bridgehead atoms. The van der Waals surface area contributed by atoms with Crippen LogP contribution < -0.4 is 16.0 Å². The summed E-state index contributed by atoms with van der Waals surface area (Å²) in [6.07, 6.45) is 0.424. The maximum atomic E-state index is 12.9. The average Bonchev–Trinajstić information content (AvgIpc) is 2.76. The summed E-state index contributed by atoms with van der Waals surface area (Å²) in [7, 11) is 1.27. The van der Waals surface area contributed by atoms with Crippen molar-refractivity contribution in [1.82, 2.24) is 16.0 Å². The Morgan fingerprint density at radius 1 is 0.900 bits per heavy atom. The predicted molar refractivity (Wildman–Crippen MR) is 114 cm³/mol. The van der Waals surface area contributed by atoms with Crippen LogP contribution in [0.25, 0.3) is 0 Å². The van der Waals surface area contributed by atoms with Crippen molar-refractivity contribution >= 4 is 17.9 Å². The zero-order valence-electron chi connectivity index (χ0n) is 17.6. The van der Waals surface area contributed by atoms with Gasteiger partial charge in [0.25, 0.3) is 0 Å². The summed E-state index contributed by atoms with van der Waals surface area (Å²) in [5, 5.41) is 8.19. The van der Waals surface area contributed by atoms with Crippen molar-refractivity contribution in [2.24, 2.45) is 5.92 Å². The SMILES string of the molecule is COC(=O)C(NC(=O)C(CC(C)C)NC(=O)NCc1ccccc1)c1ccccc1. The zero-order chi connectivity index (χ0) is 21.9. The molecule has 2 atom stereocenters. The minimum absolute atomic E-state index is 0.156. The molecule has 0 aliphatic heterocycles. The van der Waals surface area contributed by atoms with Crippen LogP contribution in [0.5, 0.6) is 0 Å². The molecule has 0 saturated carbocycles. The first-order valence-corrected chi connectivity index (χ1v) is 9.92. The van der Waals surface area contributed by atoms with Crippen molar-refractivity contribution in [3.05, 3.63) is 71.8 Å². The summed E-state index contributed by atoms with van der Waals surface area (Å²) in [6, 6.07) is 16.1. The molecule has 0 aliphatic carbocycles.